The van der Waals surface area contributed by atoms with E-state index in [2.05, 4.69) is 26.0 Å². The monoisotopic (exact) mass is 346 g/mol. The molecule has 1 aromatic carbocycles. The second-order valence-corrected chi connectivity index (χ2v) is 8.09. The predicted octanol–water partition coefficient (Wildman–Crippen LogP) is 2.01. The number of halogens is 1. The summed E-state index contributed by atoms with van der Waals surface area (Å²) in [6, 6.07) is 8.16. The molecule has 2 N–H and O–H groups in total. The first-order chi connectivity index (χ1) is 8.97. The molecule has 1 saturated carbocycles. The Morgan fingerprint density at radius 3 is 2.79 bits per heavy atom. The maximum absolute atomic E-state index is 12.1. The fourth-order valence-corrected chi connectivity index (χ4v) is 3.12. The SMILES string of the molecule is CC(CNC1CC1)S(=O)(=O)NCc1cccc(Br)c1. The summed E-state index contributed by atoms with van der Waals surface area (Å²) in [5, 5.41) is 2.83. The van der Waals surface area contributed by atoms with Crippen molar-refractivity contribution in [3.8, 4) is 0 Å². The van der Waals surface area contributed by atoms with Crippen LogP contribution in [0, 0.1) is 0 Å². The molecule has 0 heterocycles. The van der Waals surface area contributed by atoms with E-state index in [1.807, 2.05) is 24.3 Å². The highest BCUT2D eigenvalue weighted by atomic mass is 79.9. The largest absolute Gasteiger partial charge is 0.313 e. The standard InChI is InChI=1S/C13H19BrN2O2S/c1-10(8-15-13-5-6-13)19(17,18)16-9-11-3-2-4-12(14)7-11/h2-4,7,10,13,15-16H,5-6,8-9H2,1H3. The molecule has 106 valence electrons. The van der Waals surface area contributed by atoms with Crippen LogP contribution in [-0.2, 0) is 16.6 Å². The Morgan fingerprint density at radius 1 is 1.42 bits per heavy atom. The van der Waals surface area contributed by atoms with E-state index >= 15 is 0 Å². The van der Waals surface area contributed by atoms with Crippen molar-refractivity contribution in [1.29, 1.82) is 0 Å². The molecule has 0 spiro atoms. The van der Waals surface area contributed by atoms with Crippen LogP contribution in [-0.4, -0.2) is 26.3 Å². The predicted molar refractivity (Wildman–Crippen MR) is 80.4 cm³/mol. The number of sulfonamides is 1. The zero-order chi connectivity index (χ0) is 13.9. The van der Waals surface area contributed by atoms with Crippen LogP contribution < -0.4 is 10.0 Å². The first-order valence-corrected chi connectivity index (χ1v) is 8.77. The molecule has 0 saturated heterocycles. The van der Waals surface area contributed by atoms with E-state index < -0.39 is 15.3 Å². The average molecular weight is 347 g/mol. The van der Waals surface area contributed by atoms with Crippen molar-refractivity contribution in [2.45, 2.75) is 37.6 Å². The molecule has 2 rings (SSSR count). The summed E-state index contributed by atoms with van der Waals surface area (Å²) in [5.74, 6) is 0. The van der Waals surface area contributed by atoms with Crippen LogP contribution in [0.25, 0.3) is 0 Å². The van der Waals surface area contributed by atoms with Crippen LogP contribution in [0.1, 0.15) is 25.3 Å². The lowest BCUT2D eigenvalue weighted by Gasteiger charge is -2.14. The lowest BCUT2D eigenvalue weighted by atomic mass is 10.2. The zero-order valence-electron chi connectivity index (χ0n) is 10.9. The number of hydrogen-bond acceptors (Lipinski definition) is 3. The van der Waals surface area contributed by atoms with Crippen LogP contribution in [0.15, 0.2) is 28.7 Å². The van der Waals surface area contributed by atoms with Gasteiger partial charge in [0.25, 0.3) is 0 Å². The molecule has 1 aliphatic rings. The van der Waals surface area contributed by atoms with E-state index in [0.29, 0.717) is 19.1 Å². The Morgan fingerprint density at radius 2 is 2.16 bits per heavy atom. The quantitative estimate of drug-likeness (QED) is 0.793. The van der Waals surface area contributed by atoms with Gasteiger partial charge in [-0.2, -0.15) is 0 Å². The minimum absolute atomic E-state index is 0.329. The molecule has 19 heavy (non-hydrogen) atoms. The molecule has 4 nitrogen and oxygen atoms in total. The van der Waals surface area contributed by atoms with Gasteiger partial charge in [-0.25, -0.2) is 13.1 Å². The van der Waals surface area contributed by atoms with Crippen LogP contribution in [0.4, 0.5) is 0 Å². The Bertz CT molecular complexity index is 529. The van der Waals surface area contributed by atoms with Crippen molar-refractivity contribution < 1.29 is 8.42 Å². The van der Waals surface area contributed by atoms with Crippen LogP contribution in [0.2, 0.25) is 0 Å². The van der Waals surface area contributed by atoms with Gasteiger partial charge < -0.3 is 5.32 Å². The van der Waals surface area contributed by atoms with Crippen LogP contribution in [0.3, 0.4) is 0 Å². The van der Waals surface area contributed by atoms with Gasteiger partial charge >= 0.3 is 0 Å². The second kappa shape index (κ2) is 6.35. The fraction of sp³-hybridized carbons (Fsp3) is 0.538. The van der Waals surface area contributed by atoms with Crippen LogP contribution in [0.5, 0.6) is 0 Å². The molecule has 0 bridgehead atoms. The smallest absolute Gasteiger partial charge is 0.215 e. The molecule has 1 aliphatic carbocycles. The molecule has 1 aromatic rings. The van der Waals surface area contributed by atoms with Gasteiger partial charge in [-0.15, -0.1) is 0 Å². The van der Waals surface area contributed by atoms with Gasteiger partial charge in [0.15, 0.2) is 0 Å². The van der Waals surface area contributed by atoms with Crippen molar-refractivity contribution in [3.05, 3.63) is 34.3 Å². The summed E-state index contributed by atoms with van der Waals surface area (Å²) in [6.07, 6.45) is 2.33. The van der Waals surface area contributed by atoms with Gasteiger partial charge in [-0.05, 0) is 37.5 Å². The molecule has 1 atom stereocenters. The lowest BCUT2D eigenvalue weighted by Crippen LogP contribution is -2.39. The van der Waals surface area contributed by atoms with Crippen LogP contribution >= 0.6 is 15.9 Å². The summed E-state index contributed by atoms with van der Waals surface area (Å²) in [5.41, 5.74) is 0.945. The van der Waals surface area contributed by atoms with Crippen molar-refractivity contribution >= 4 is 26.0 Å². The van der Waals surface area contributed by atoms with E-state index in [1.165, 1.54) is 0 Å². The molecule has 0 aliphatic heterocycles. The van der Waals surface area contributed by atoms with Crippen molar-refractivity contribution in [3.63, 3.8) is 0 Å². The van der Waals surface area contributed by atoms with Gasteiger partial charge in [0, 0.05) is 23.6 Å². The minimum atomic E-state index is -3.27. The summed E-state index contributed by atoms with van der Waals surface area (Å²) < 4.78 is 27.7. The first kappa shape index (κ1) is 15.0. The van der Waals surface area contributed by atoms with E-state index in [1.54, 1.807) is 6.92 Å². The second-order valence-electron chi connectivity index (χ2n) is 4.99. The van der Waals surface area contributed by atoms with Crippen molar-refractivity contribution in [1.82, 2.24) is 10.0 Å². The van der Waals surface area contributed by atoms with Gasteiger partial charge in [0.05, 0.1) is 5.25 Å². The maximum atomic E-state index is 12.1. The fourth-order valence-electron chi connectivity index (χ4n) is 1.70. The van der Waals surface area contributed by atoms with Gasteiger partial charge in [0.1, 0.15) is 0 Å². The third kappa shape index (κ3) is 4.87. The molecule has 1 unspecified atom stereocenters. The number of nitrogens with one attached hydrogen (secondary N) is 2. The molecular formula is C13H19BrN2O2S. The first-order valence-electron chi connectivity index (χ1n) is 6.43. The lowest BCUT2D eigenvalue weighted by molar-refractivity contribution is 0.557. The van der Waals surface area contributed by atoms with E-state index in [0.717, 1.165) is 22.9 Å². The zero-order valence-corrected chi connectivity index (χ0v) is 13.3. The molecule has 1 fully saturated rings. The van der Waals surface area contributed by atoms with Gasteiger partial charge in [0.2, 0.25) is 10.0 Å². The summed E-state index contributed by atoms with van der Waals surface area (Å²) in [7, 11) is -3.27. The van der Waals surface area contributed by atoms with Crippen molar-refractivity contribution in [2.24, 2.45) is 0 Å². The molecule has 6 heteroatoms. The Labute approximate surface area is 123 Å². The Hall–Kier alpha value is -0.430. The number of benzene rings is 1. The molecule has 0 amide bonds. The third-order valence-electron chi connectivity index (χ3n) is 3.17. The van der Waals surface area contributed by atoms with E-state index in [-0.39, 0.29) is 0 Å². The molecule has 0 aromatic heterocycles. The number of hydrogen-bond donors (Lipinski definition) is 2. The van der Waals surface area contributed by atoms with E-state index in [4.69, 9.17) is 0 Å². The molecular weight excluding hydrogens is 328 g/mol. The highest BCUT2D eigenvalue weighted by Gasteiger charge is 2.25. The Kier molecular flexibility index (Phi) is 5.00. The highest BCUT2D eigenvalue weighted by Crippen LogP contribution is 2.18. The number of rotatable bonds is 7. The third-order valence-corrected chi connectivity index (χ3v) is 5.43. The summed E-state index contributed by atoms with van der Waals surface area (Å²) in [6.45, 7) is 2.58. The average Bonchev–Trinajstić information content (AvgIpc) is 3.18. The van der Waals surface area contributed by atoms with Crippen molar-refractivity contribution in [2.75, 3.05) is 6.54 Å². The summed E-state index contributed by atoms with van der Waals surface area (Å²) >= 11 is 3.37. The highest BCUT2D eigenvalue weighted by molar-refractivity contribution is 9.10. The van der Waals surface area contributed by atoms with Gasteiger partial charge in [-0.1, -0.05) is 28.1 Å². The topological polar surface area (TPSA) is 58.2 Å². The van der Waals surface area contributed by atoms with E-state index in [9.17, 15) is 8.42 Å². The normalized spacial score (nSPS) is 17.4. The van der Waals surface area contributed by atoms with Gasteiger partial charge in [-0.3, -0.25) is 0 Å². The molecule has 0 radical (unpaired) electrons. The minimum Gasteiger partial charge on any atom is -0.313 e. The maximum Gasteiger partial charge on any atom is 0.215 e. The summed E-state index contributed by atoms with van der Waals surface area (Å²) in [4.78, 5) is 0. The Balaban J connectivity index is 1.85.